The van der Waals surface area contributed by atoms with Crippen molar-refractivity contribution in [1.82, 2.24) is 19.3 Å². The lowest BCUT2D eigenvalue weighted by Gasteiger charge is -2.32. The Morgan fingerprint density at radius 2 is 1.55 bits per heavy atom. The summed E-state index contributed by atoms with van der Waals surface area (Å²) in [6.07, 6.45) is 1.70. The number of hydrogen-bond donors (Lipinski definition) is 0. The van der Waals surface area contributed by atoms with E-state index in [1.54, 1.807) is 12.3 Å². The van der Waals surface area contributed by atoms with Gasteiger partial charge in [-0.2, -0.15) is 5.10 Å². The highest BCUT2D eigenvalue weighted by atomic mass is 16.5. The minimum atomic E-state index is 0.198. The molecule has 2 atom stereocenters. The number of benzene rings is 4. The van der Waals surface area contributed by atoms with Gasteiger partial charge in [0, 0.05) is 40.4 Å². The average molecular weight is 620 g/mol. The molecule has 4 aromatic carbocycles. The highest BCUT2D eigenvalue weighted by Gasteiger charge is 2.27. The van der Waals surface area contributed by atoms with Gasteiger partial charge in [-0.15, -0.1) is 0 Å². The number of fused-ring (bicyclic) bond motifs is 3. The molecular weight excluding hydrogens is 576 g/mol. The predicted molar refractivity (Wildman–Crippen MR) is 194 cm³/mol. The smallest absolute Gasteiger partial charge is 0.137 e. The number of nitrogens with zero attached hydrogens (tertiary/aromatic N) is 4. The lowest BCUT2D eigenvalue weighted by molar-refractivity contribution is 0.228. The van der Waals surface area contributed by atoms with Crippen molar-refractivity contribution in [2.45, 2.75) is 54.4 Å². The second-order valence-corrected chi connectivity index (χ2v) is 13.8. The fraction of sp³-hybridized carbons (Fsp3) is 0.238. The highest BCUT2D eigenvalue weighted by Crippen LogP contribution is 2.41. The molecular formula is C42H42N4O. The van der Waals surface area contributed by atoms with Crippen molar-refractivity contribution < 1.29 is 6.11 Å². The van der Waals surface area contributed by atoms with E-state index in [0.29, 0.717) is 23.7 Å². The summed E-state index contributed by atoms with van der Waals surface area (Å²) in [4.78, 5) is 4.69. The van der Waals surface area contributed by atoms with Gasteiger partial charge in [0.15, 0.2) is 0 Å². The maximum Gasteiger partial charge on any atom is 0.137 e. The Labute approximate surface area is 278 Å². The summed E-state index contributed by atoms with van der Waals surface area (Å²) >= 11 is 0. The summed E-state index contributed by atoms with van der Waals surface area (Å²) < 4.78 is 19.0. The molecule has 47 heavy (non-hydrogen) atoms. The highest BCUT2D eigenvalue weighted by molar-refractivity contribution is 6.09. The Bertz CT molecular complexity index is 2280. The minimum Gasteiger partial charge on any atom is -0.457 e. The van der Waals surface area contributed by atoms with Crippen LogP contribution in [-0.2, 0) is 0 Å². The van der Waals surface area contributed by atoms with Gasteiger partial charge in [0.2, 0.25) is 0 Å². The predicted octanol–water partition coefficient (Wildman–Crippen LogP) is 11.2. The zero-order valence-corrected chi connectivity index (χ0v) is 28.2. The van der Waals surface area contributed by atoms with Crippen molar-refractivity contribution in [3.8, 4) is 34.1 Å². The number of aromatic nitrogens is 4. The Balaban J connectivity index is 1.30. The molecule has 0 aliphatic heterocycles. The van der Waals surface area contributed by atoms with E-state index >= 15 is 0 Å². The van der Waals surface area contributed by atoms with Crippen LogP contribution in [0.4, 0.5) is 0 Å². The number of rotatable bonds is 7. The van der Waals surface area contributed by atoms with Crippen molar-refractivity contribution in [2.75, 3.05) is 0 Å². The Kier molecular flexibility index (Phi) is 7.40. The number of ether oxygens (including phenoxy) is 1. The summed E-state index contributed by atoms with van der Waals surface area (Å²) in [5, 5.41) is 7.19. The summed E-state index contributed by atoms with van der Waals surface area (Å²) in [7, 11) is 0. The van der Waals surface area contributed by atoms with Gasteiger partial charge in [-0.1, -0.05) is 83.1 Å². The van der Waals surface area contributed by atoms with Crippen molar-refractivity contribution in [3.63, 3.8) is 0 Å². The molecule has 236 valence electrons. The lowest BCUT2D eigenvalue weighted by atomic mass is 9.72. The second-order valence-electron chi connectivity index (χ2n) is 13.8. The van der Waals surface area contributed by atoms with Gasteiger partial charge in [0.05, 0.1) is 23.8 Å². The molecule has 3 heterocycles. The number of pyridine rings is 1. The second kappa shape index (κ2) is 11.9. The Morgan fingerprint density at radius 1 is 0.766 bits per heavy atom. The molecule has 3 aromatic heterocycles. The lowest BCUT2D eigenvalue weighted by Crippen LogP contribution is -2.22. The number of hydrogen-bond acceptors (Lipinski definition) is 3. The van der Waals surface area contributed by atoms with Gasteiger partial charge >= 0.3 is 0 Å². The van der Waals surface area contributed by atoms with Crippen LogP contribution in [0.3, 0.4) is 0 Å². The monoisotopic (exact) mass is 619 g/mol. The van der Waals surface area contributed by atoms with E-state index in [-0.39, 0.29) is 5.41 Å². The van der Waals surface area contributed by atoms with Gasteiger partial charge in [-0.05, 0) is 90.8 Å². The van der Waals surface area contributed by atoms with E-state index in [0.717, 1.165) is 56.1 Å². The first kappa shape index (κ1) is 29.3. The molecule has 2 unspecified atom stereocenters. The molecule has 5 nitrogen and oxygen atoms in total. The molecule has 0 bridgehead atoms. The quantitative estimate of drug-likeness (QED) is 0.178. The SMILES string of the molecule is [2H]c1ccnc(-n2c3ccc(C(C)C(C)C(C)(C)C)cc3c3ccc(Oc4cccc(-n5nc(C)c(-c6ccccc6)c5C)c4)cc32)c1. The fourth-order valence-electron chi connectivity index (χ4n) is 6.82. The third-order valence-corrected chi connectivity index (χ3v) is 9.87. The third-order valence-electron chi connectivity index (χ3n) is 9.87. The van der Waals surface area contributed by atoms with Crippen LogP contribution < -0.4 is 4.74 Å². The van der Waals surface area contributed by atoms with Crippen molar-refractivity contribution in [1.29, 1.82) is 0 Å². The van der Waals surface area contributed by atoms with E-state index < -0.39 is 0 Å². The first-order valence-corrected chi connectivity index (χ1v) is 16.4. The number of aryl methyl sites for hydroxylation is 1. The van der Waals surface area contributed by atoms with E-state index in [4.69, 9.17) is 16.2 Å². The molecule has 0 spiro atoms. The molecule has 0 fully saturated rings. The van der Waals surface area contributed by atoms with Gasteiger partial charge in [0.25, 0.3) is 0 Å². The van der Waals surface area contributed by atoms with Gasteiger partial charge in [-0.3, -0.25) is 4.57 Å². The van der Waals surface area contributed by atoms with Gasteiger partial charge in [-0.25, -0.2) is 9.67 Å². The van der Waals surface area contributed by atoms with Crippen LogP contribution in [0.15, 0.2) is 115 Å². The molecule has 0 saturated carbocycles. The zero-order valence-electron chi connectivity index (χ0n) is 29.2. The molecule has 0 N–H and O–H groups in total. The zero-order chi connectivity index (χ0) is 33.7. The maximum absolute atomic E-state index is 8.33. The molecule has 0 saturated heterocycles. The van der Waals surface area contributed by atoms with Gasteiger partial charge in [0.1, 0.15) is 17.3 Å². The summed E-state index contributed by atoms with van der Waals surface area (Å²) in [5.74, 6) is 3.05. The first-order valence-electron chi connectivity index (χ1n) is 16.9. The van der Waals surface area contributed by atoms with Crippen LogP contribution in [-0.4, -0.2) is 19.3 Å². The average Bonchev–Trinajstić information content (AvgIpc) is 3.56. The van der Waals surface area contributed by atoms with E-state index in [9.17, 15) is 0 Å². The molecule has 7 rings (SSSR count). The van der Waals surface area contributed by atoms with Crippen LogP contribution in [0.2, 0.25) is 0 Å². The van der Waals surface area contributed by atoms with Gasteiger partial charge < -0.3 is 4.74 Å². The van der Waals surface area contributed by atoms with Crippen molar-refractivity contribution >= 4 is 21.8 Å². The third kappa shape index (κ3) is 5.61. The molecule has 5 heteroatoms. The van der Waals surface area contributed by atoms with Crippen molar-refractivity contribution in [3.05, 3.63) is 132 Å². The summed E-state index contributed by atoms with van der Waals surface area (Å²) in [6.45, 7) is 15.8. The maximum atomic E-state index is 8.33. The van der Waals surface area contributed by atoms with Crippen LogP contribution in [0, 0.1) is 25.2 Å². The molecule has 0 aliphatic rings. The summed E-state index contributed by atoms with van der Waals surface area (Å²) in [6, 6.07) is 35.5. The first-order chi connectivity index (χ1) is 23.0. The van der Waals surface area contributed by atoms with E-state index in [2.05, 4.69) is 114 Å². The topological polar surface area (TPSA) is 44.9 Å². The van der Waals surface area contributed by atoms with Crippen LogP contribution in [0.5, 0.6) is 11.5 Å². The Morgan fingerprint density at radius 3 is 2.32 bits per heavy atom. The largest absolute Gasteiger partial charge is 0.457 e. The van der Waals surface area contributed by atoms with E-state index in [1.807, 2.05) is 41.1 Å². The van der Waals surface area contributed by atoms with E-state index in [1.165, 1.54) is 10.9 Å². The van der Waals surface area contributed by atoms with Crippen LogP contribution in [0.25, 0.3) is 44.4 Å². The standard InChI is InChI=1S/C42H42N4O/c1-27(28(2)42(5,6)7)32-19-22-38-37(24-32)36-21-20-35(26-39(36)45(38)40-18-11-12-23-43-40)47-34-17-13-16-33(25-34)46-30(4)41(29(3)44-46)31-14-9-8-10-15-31/h8-28H,1-7H3/i11D. The summed E-state index contributed by atoms with van der Waals surface area (Å²) in [5.41, 5.74) is 8.87. The minimum absolute atomic E-state index is 0.198. The molecule has 0 radical (unpaired) electrons. The fourth-order valence-corrected chi connectivity index (χ4v) is 6.82. The van der Waals surface area contributed by atoms with Crippen LogP contribution in [0.1, 0.15) is 58.9 Å². The normalized spacial score (nSPS) is 13.6. The van der Waals surface area contributed by atoms with Crippen molar-refractivity contribution in [2.24, 2.45) is 11.3 Å². The molecule has 0 aliphatic carbocycles. The Hall–Kier alpha value is -5.16. The van der Waals surface area contributed by atoms with Crippen LogP contribution >= 0.6 is 0 Å². The molecule has 0 amide bonds. The molecule has 7 aromatic rings.